The maximum atomic E-state index is 11.8. The van der Waals surface area contributed by atoms with Gasteiger partial charge in [-0.05, 0) is 49.7 Å². The quantitative estimate of drug-likeness (QED) is 0.596. The Hall–Kier alpha value is -3.01. The molecule has 0 radical (unpaired) electrons. The van der Waals surface area contributed by atoms with E-state index in [0.29, 0.717) is 25.1 Å². The van der Waals surface area contributed by atoms with Gasteiger partial charge in [-0.1, -0.05) is 30.3 Å². The van der Waals surface area contributed by atoms with Gasteiger partial charge >= 0.3 is 0 Å². The van der Waals surface area contributed by atoms with Gasteiger partial charge in [0.1, 0.15) is 18.1 Å². The first-order valence-corrected chi connectivity index (χ1v) is 12.5. The Labute approximate surface area is 193 Å². The number of ether oxygens (including phenoxy) is 2. The van der Waals surface area contributed by atoms with E-state index in [1.165, 1.54) is 30.6 Å². The van der Waals surface area contributed by atoms with Crippen molar-refractivity contribution in [2.75, 3.05) is 26.8 Å². The van der Waals surface area contributed by atoms with E-state index >= 15 is 0 Å². The van der Waals surface area contributed by atoms with Gasteiger partial charge < -0.3 is 9.47 Å². The van der Waals surface area contributed by atoms with Crippen molar-refractivity contribution in [3.63, 3.8) is 0 Å². The van der Waals surface area contributed by atoms with Gasteiger partial charge in [-0.2, -0.15) is 0 Å². The highest BCUT2D eigenvalue weighted by Gasteiger charge is 2.27. The van der Waals surface area contributed by atoms with Crippen LogP contribution in [0.5, 0.6) is 11.5 Å². The molecule has 9 heteroatoms. The summed E-state index contributed by atoms with van der Waals surface area (Å²) in [5.41, 5.74) is 3.31. The van der Waals surface area contributed by atoms with Crippen molar-refractivity contribution >= 4 is 10.0 Å². The molecule has 1 fully saturated rings. The van der Waals surface area contributed by atoms with Crippen LogP contribution in [0.15, 0.2) is 59.8 Å². The summed E-state index contributed by atoms with van der Waals surface area (Å²) < 4.78 is 37.4. The molecule has 0 aliphatic carbocycles. The first-order chi connectivity index (χ1) is 16.0. The third-order valence-electron chi connectivity index (χ3n) is 6.12. The third-order valence-corrected chi connectivity index (χ3v) is 7.49. The Bertz CT molecular complexity index is 1230. The topological polar surface area (TPSA) is 93.7 Å². The highest BCUT2D eigenvalue weighted by molar-refractivity contribution is 7.89. The normalized spacial score (nSPS) is 18.4. The smallest absolute Gasteiger partial charge is 0.243 e. The number of nitrogens with zero attached hydrogens (tertiary/aromatic N) is 3. The zero-order valence-electron chi connectivity index (χ0n) is 18.4. The van der Waals surface area contributed by atoms with E-state index in [-0.39, 0.29) is 4.90 Å². The van der Waals surface area contributed by atoms with Gasteiger partial charge in [0.2, 0.25) is 10.0 Å². The second-order valence-electron chi connectivity index (χ2n) is 8.18. The van der Waals surface area contributed by atoms with Crippen LogP contribution in [0.3, 0.4) is 0 Å². The Morgan fingerprint density at radius 1 is 1.03 bits per heavy atom. The predicted octanol–water partition coefficient (Wildman–Crippen LogP) is 3.16. The van der Waals surface area contributed by atoms with Crippen LogP contribution >= 0.6 is 0 Å². The number of fused-ring (bicyclic) bond motifs is 1. The van der Waals surface area contributed by atoms with E-state index in [9.17, 15) is 8.42 Å². The van der Waals surface area contributed by atoms with Crippen LogP contribution < -0.4 is 14.2 Å². The highest BCUT2D eigenvalue weighted by Crippen LogP contribution is 2.38. The number of benzene rings is 2. The summed E-state index contributed by atoms with van der Waals surface area (Å²) in [6.45, 7) is 3.09. The van der Waals surface area contributed by atoms with Gasteiger partial charge in [-0.25, -0.2) is 23.1 Å². The number of hydrogen-bond donors (Lipinski definition) is 1. The first-order valence-electron chi connectivity index (χ1n) is 11.0. The fourth-order valence-electron chi connectivity index (χ4n) is 4.38. The molecule has 1 atom stereocenters. The maximum absolute atomic E-state index is 11.8. The van der Waals surface area contributed by atoms with Crippen LogP contribution in [-0.2, 0) is 16.6 Å². The molecule has 1 N–H and O–H groups in total. The number of likely N-dealkylation sites (tertiary alicyclic amines) is 1. The Kier molecular flexibility index (Phi) is 6.01. The molecule has 1 saturated heterocycles. The average Bonchev–Trinajstić information content (AvgIpc) is 3.32. The Morgan fingerprint density at radius 2 is 1.76 bits per heavy atom. The van der Waals surface area contributed by atoms with E-state index in [0.717, 1.165) is 43.0 Å². The fourth-order valence-corrected chi connectivity index (χ4v) is 4.99. The lowest BCUT2D eigenvalue weighted by atomic mass is 10.0. The van der Waals surface area contributed by atoms with E-state index in [1.54, 1.807) is 0 Å². The van der Waals surface area contributed by atoms with Gasteiger partial charge in [0.25, 0.3) is 0 Å². The molecule has 3 heterocycles. The zero-order valence-corrected chi connectivity index (χ0v) is 19.2. The molecule has 5 rings (SSSR count). The second kappa shape index (κ2) is 9.09. The summed E-state index contributed by atoms with van der Waals surface area (Å²) in [4.78, 5) is 11.0. The number of aromatic nitrogens is 2. The number of nitrogens with one attached hydrogen (secondary N) is 1. The van der Waals surface area contributed by atoms with Crippen LogP contribution in [0.1, 0.15) is 30.0 Å². The highest BCUT2D eigenvalue weighted by atomic mass is 32.2. The molecule has 0 saturated carbocycles. The lowest BCUT2D eigenvalue weighted by Crippen LogP contribution is -2.23. The van der Waals surface area contributed by atoms with Crippen molar-refractivity contribution in [3.8, 4) is 22.9 Å². The minimum Gasteiger partial charge on any atom is -0.486 e. The summed E-state index contributed by atoms with van der Waals surface area (Å²) in [5, 5.41) is 0. The standard InChI is InChI=1S/C24H26N4O4S/c1-25-33(29,30)20-14-26-24(27-15-20)18-6-4-17(5-7-18)16-28-10-2-3-21(28)19-8-9-22-23(13-19)32-12-11-31-22/h4-9,13-15,21,25H,2-3,10-12,16H2,1H3/t21-/m0/s1. The summed E-state index contributed by atoms with van der Waals surface area (Å²) in [5.74, 6) is 2.15. The van der Waals surface area contributed by atoms with Crippen molar-refractivity contribution in [2.24, 2.45) is 0 Å². The summed E-state index contributed by atoms with van der Waals surface area (Å²) in [7, 11) is -2.18. The molecule has 0 spiro atoms. The van der Waals surface area contributed by atoms with Gasteiger partial charge in [0.05, 0.1) is 12.4 Å². The summed E-state index contributed by atoms with van der Waals surface area (Å²) in [6, 6.07) is 14.8. The summed E-state index contributed by atoms with van der Waals surface area (Å²) in [6.07, 6.45) is 4.93. The molecule has 2 aromatic carbocycles. The number of hydrogen-bond acceptors (Lipinski definition) is 7. The molecule has 1 aromatic heterocycles. The van der Waals surface area contributed by atoms with Gasteiger partial charge in [0, 0.05) is 18.2 Å². The monoisotopic (exact) mass is 466 g/mol. The van der Waals surface area contributed by atoms with E-state index in [4.69, 9.17) is 9.47 Å². The predicted molar refractivity (Wildman–Crippen MR) is 124 cm³/mol. The van der Waals surface area contributed by atoms with Gasteiger partial charge in [-0.15, -0.1) is 0 Å². The van der Waals surface area contributed by atoms with Crippen molar-refractivity contribution in [2.45, 2.75) is 30.3 Å². The lowest BCUT2D eigenvalue weighted by molar-refractivity contribution is 0.170. The van der Waals surface area contributed by atoms with Crippen molar-refractivity contribution in [1.29, 1.82) is 0 Å². The third kappa shape index (κ3) is 4.57. The molecular formula is C24H26N4O4S. The summed E-state index contributed by atoms with van der Waals surface area (Å²) >= 11 is 0. The lowest BCUT2D eigenvalue weighted by Gasteiger charge is -2.26. The Morgan fingerprint density at radius 3 is 2.48 bits per heavy atom. The second-order valence-corrected chi connectivity index (χ2v) is 10.1. The Balaban J connectivity index is 1.29. The number of sulfonamides is 1. The van der Waals surface area contributed by atoms with Gasteiger partial charge in [0.15, 0.2) is 17.3 Å². The molecule has 0 unspecified atom stereocenters. The largest absolute Gasteiger partial charge is 0.486 e. The molecule has 172 valence electrons. The van der Waals surface area contributed by atoms with Crippen molar-refractivity contribution < 1.29 is 17.9 Å². The van der Waals surface area contributed by atoms with Crippen LogP contribution in [0.2, 0.25) is 0 Å². The van der Waals surface area contributed by atoms with Crippen LogP contribution in [0, 0.1) is 0 Å². The number of rotatable bonds is 6. The molecule has 33 heavy (non-hydrogen) atoms. The molecule has 3 aromatic rings. The van der Waals surface area contributed by atoms with Crippen molar-refractivity contribution in [3.05, 3.63) is 66.0 Å². The molecule has 0 amide bonds. The van der Waals surface area contributed by atoms with Gasteiger partial charge in [-0.3, -0.25) is 4.90 Å². The average molecular weight is 467 g/mol. The van der Waals surface area contributed by atoms with Crippen LogP contribution in [-0.4, -0.2) is 50.1 Å². The van der Waals surface area contributed by atoms with E-state index in [1.807, 2.05) is 18.2 Å². The minimum atomic E-state index is -3.55. The minimum absolute atomic E-state index is 0.0459. The first kappa shape index (κ1) is 21.8. The maximum Gasteiger partial charge on any atom is 0.243 e. The van der Waals surface area contributed by atoms with Crippen LogP contribution in [0.4, 0.5) is 0 Å². The molecule has 0 bridgehead atoms. The van der Waals surface area contributed by atoms with Crippen LogP contribution in [0.25, 0.3) is 11.4 Å². The molecular weight excluding hydrogens is 440 g/mol. The van der Waals surface area contributed by atoms with E-state index < -0.39 is 10.0 Å². The SMILES string of the molecule is CNS(=O)(=O)c1cnc(-c2ccc(CN3CCC[C@H]3c3ccc4c(c3)OCCO4)cc2)nc1. The zero-order chi connectivity index (χ0) is 22.8. The fraction of sp³-hybridized carbons (Fsp3) is 0.333. The van der Waals surface area contributed by atoms with E-state index in [2.05, 4.69) is 43.9 Å². The molecule has 8 nitrogen and oxygen atoms in total. The molecule has 2 aliphatic heterocycles. The molecule has 2 aliphatic rings. The van der Waals surface area contributed by atoms with Crippen molar-refractivity contribution in [1.82, 2.24) is 19.6 Å².